The number of carboxylic acid groups (broad SMARTS) is 1. The van der Waals surface area contributed by atoms with Crippen LogP contribution in [-0.4, -0.2) is 25.4 Å². The van der Waals surface area contributed by atoms with Gasteiger partial charge in [-0.15, -0.1) is 5.10 Å². The predicted octanol–water partition coefficient (Wildman–Crippen LogP) is 5.97. The summed E-state index contributed by atoms with van der Waals surface area (Å²) >= 11 is 12.5. The van der Waals surface area contributed by atoms with Crippen molar-refractivity contribution >= 4 is 34.9 Å². The number of aliphatic carboxylic acids is 1. The number of benzene rings is 3. The summed E-state index contributed by atoms with van der Waals surface area (Å²) in [4.78, 5) is 25.2. The van der Waals surface area contributed by atoms with Crippen LogP contribution in [0.3, 0.4) is 0 Å². The van der Waals surface area contributed by atoms with Crippen molar-refractivity contribution in [2.24, 2.45) is 0 Å². The molecule has 2 N–H and O–H groups in total. The van der Waals surface area contributed by atoms with E-state index in [1.54, 1.807) is 53.1 Å². The molecule has 0 aliphatic rings. The molecule has 0 saturated heterocycles. The number of aryl methyl sites for hydroxylation is 1. The third kappa shape index (κ3) is 5.64. The second kappa shape index (κ2) is 11.5. The molecular formula is C27H26Cl2N4O3. The minimum atomic E-state index is -1.04. The smallest absolute Gasteiger partial charge is 0.351 e. The molecule has 0 radical (unpaired) electrons. The van der Waals surface area contributed by atoms with E-state index in [1.807, 2.05) is 24.3 Å². The molecule has 36 heavy (non-hydrogen) atoms. The number of unbranched alkanes of at least 4 members (excludes halogenated alkanes) is 1. The Morgan fingerprint density at radius 1 is 1.00 bits per heavy atom. The first-order chi connectivity index (χ1) is 17.4. The van der Waals surface area contributed by atoms with Crippen LogP contribution >= 0.6 is 23.2 Å². The molecule has 0 saturated carbocycles. The van der Waals surface area contributed by atoms with Crippen molar-refractivity contribution in [1.82, 2.24) is 14.3 Å². The van der Waals surface area contributed by atoms with Gasteiger partial charge in [-0.25, -0.2) is 9.59 Å². The molecular weight excluding hydrogens is 499 g/mol. The Bertz CT molecular complexity index is 1410. The van der Waals surface area contributed by atoms with Crippen molar-refractivity contribution in [3.05, 3.63) is 110 Å². The van der Waals surface area contributed by atoms with Gasteiger partial charge in [0.1, 0.15) is 5.82 Å². The zero-order valence-corrected chi connectivity index (χ0v) is 21.2. The minimum absolute atomic E-state index is 0.263. The second-order valence-electron chi connectivity index (χ2n) is 8.39. The molecule has 1 aromatic heterocycles. The van der Waals surface area contributed by atoms with Crippen molar-refractivity contribution in [1.29, 1.82) is 0 Å². The van der Waals surface area contributed by atoms with Crippen LogP contribution in [-0.2, 0) is 17.8 Å². The number of nitrogens with zero attached hydrogens (tertiary/aromatic N) is 3. The normalized spacial score (nSPS) is 11.9. The summed E-state index contributed by atoms with van der Waals surface area (Å²) < 4.78 is 3.01. The summed E-state index contributed by atoms with van der Waals surface area (Å²) in [6.45, 7) is 2.42. The Morgan fingerprint density at radius 3 is 2.31 bits per heavy atom. The highest BCUT2D eigenvalue weighted by Gasteiger charge is 2.22. The molecule has 1 heterocycles. The summed E-state index contributed by atoms with van der Waals surface area (Å²) in [5.74, 6) is -0.347. The molecule has 4 rings (SSSR count). The van der Waals surface area contributed by atoms with E-state index in [0.717, 1.165) is 18.4 Å². The highest BCUT2D eigenvalue weighted by Crippen LogP contribution is 2.27. The van der Waals surface area contributed by atoms with E-state index in [9.17, 15) is 14.7 Å². The molecule has 1 atom stereocenters. The first kappa shape index (κ1) is 25.5. The summed E-state index contributed by atoms with van der Waals surface area (Å²) in [6, 6.07) is 20.3. The molecule has 0 amide bonds. The maximum Gasteiger partial charge on any atom is 0.351 e. The van der Waals surface area contributed by atoms with Crippen LogP contribution in [0.5, 0.6) is 0 Å². The van der Waals surface area contributed by atoms with Crippen molar-refractivity contribution in [3.63, 3.8) is 0 Å². The molecule has 0 fully saturated rings. The van der Waals surface area contributed by atoms with E-state index in [0.29, 0.717) is 45.8 Å². The summed E-state index contributed by atoms with van der Waals surface area (Å²) in [7, 11) is 0. The van der Waals surface area contributed by atoms with Crippen LogP contribution in [0, 0.1) is 0 Å². The molecule has 9 heteroatoms. The Kier molecular flexibility index (Phi) is 8.13. The van der Waals surface area contributed by atoms with E-state index in [4.69, 9.17) is 23.2 Å². The van der Waals surface area contributed by atoms with E-state index in [-0.39, 0.29) is 5.69 Å². The molecule has 0 spiro atoms. The third-order valence-electron chi connectivity index (χ3n) is 5.84. The highest BCUT2D eigenvalue weighted by molar-refractivity contribution is 6.32. The van der Waals surface area contributed by atoms with Gasteiger partial charge in [-0.1, -0.05) is 79.0 Å². The zero-order chi connectivity index (χ0) is 25.7. The fourth-order valence-corrected chi connectivity index (χ4v) is 4.39. The van der Waals surface area contributed by atoms with Gasteiger partial charge in [0, 0.05) is 22.7 Å². The van der Waals surface area contributed by atoms with Crippen LogP contribution in [0.15, 0.2) is 77.6 Å². The lowest BCUT2D eigenvalue weighted by atomic mass is 10.1. The maximum atomic E-state index is 13.3. The van der Waals surface area contributed by atoms with Gasteiger partial charge in [0.25, 0.3) is 0 Å². The van der Waals surface area contributed by atoms with E-state index in [2.05, 4.69) is 17.3 Å². The average molecular weight is 525 g/mol. The van der Waals surface area contributed by atoms with Crippen molar-refractivity contribution in [2.75, 3.05) is 5.32 Å². The number of para-hydroxylation sites is 1. The largest absolute Gasteiger partial charge is 0.479 e. The van der Waals surface area contributed by atoms with Gasteiger partial charge in [0.2, 0.25) is 0 Å². The molecule has 7 nitrogen and oxygen atoms in total. The van der Waals surface area contributed by atoms with Gasteiger partial charge in [-0.05, 0) is 42.3 Å². The van der Waals surface area contributed by atoms with Crippen molar-refractivity contribution < 1.29 is 9.90 Å². The molecule has 4 aromatic rings. The Balaban J connectivity index is 1.59. The standard InChI is InChI=1S/C27H26Cl2N4O3/c1-2-3-12-24-31-33(23-11-7-6-10-22(23)29)27(36)32(24)17-18-13-15-19(16-14-18)30-25(26(34)35)20-8-4-5-9-21(20)28/h4-11,13-16,25,30H,2-3,12,17H2,1H3,(H,34,35). The number of anilines is 1. The average Bonchev–Trinajstić information content (AvgIpc) is 3.17. The Morgan fingerprint density at radius 2 is 1.67 bits per heavy atom. The molecule has 186 valence electrons. The zero-order valence-electron chi connectivity index (χ0n) is 19.7. The van der Waals surface area contributed by atoms with Gasteiger partial charge in [0.15, 0.2) is 6.04 Å². The van der Waals surface area contributed by atoms with E-state index in [1.165, 1.54) is 4.68 Å². The lowest BCUT2D eigenvalue weighted by Gasteiger charge is -2.17. The van der Waals surface area contributed by atoms with Crippen molar-refractivity contribution in [2.45, 2.75) is 38.8 Å². The van der Waals surface area contributed by atoms with Crippen LogP contribution in [0.4, 0.5) is 5.69 Å². The summed E-state index contributed by atoms with van der Waals surface area (Å²) in [5, 5.41) is 18.2. The first-order valence-corrected chi connectivity index (χ1v) is 12.4. The SMILES string of the molecule is CCCCc1nn(-c2ccccc2Cl)c(=O)n1Cc1ccc(NC(C(=O)O)c2ccccc2Cl)cc1. The lowest BCUT2D eigenvalue weighted by Crippen LogP contribution is -2.25. The molecule has 0 bridgehead atoms. The number of hydrogen-bond acceptors (Lipinski definition) is 4. The van der Waals surface area contributed by atoms with Gasteiger partial charge in [-0.2, -0.15) is 4.68 Å². The topological polar surface area (TPSA) is 89.2 Å². The monoisotopic (exact) mass is 524 g/mol. The van der Waals surface area contributed by atoms with Gasteiger partial charge in [-0.3, -0.25) is 4.57 Å². The maximum absolute atomic E-state index is 13.3. The predicted molar refractivity (Wildman–Crippen MR) is 142 cm³/mol. The van der Waals surface area contributed by atoms with E-state index >= 15 is 0 Å². The minimum Gasteiger partial charge on any atom is -0.479 e. The van der Waals surface area contributed by atoms with Crippen LogP contribution in [0.2, 0.25) is 10.0 Å². The van der Waals surface area contributed by atoms with Crippen molar-refractivity contribution in [3.8, 4) is 5.69 Å². The summed E-state index contributed by atoms with van der Waals surface area (Å²) in [5.41, 5.74) is 2.26. The van der Waals surface area contributed by atoms with Crippen LogP contribution < -0.4 is 11.0 Å². The van der Waals surface area contributed by atoms with Gasteiger partial charge >= 0.3 is 11.7 Å². The van der Waals surface area contributed by atoms with E-state index < -0.39 is 12.0 Å². The molecule has 0 aliphatic carbocycles. The van der Waals surface area contributed by atoms with Crippen LogP contribution in [0.25, 0.3) is 5.69 Å². The fraction of sp³-hybridized carbons (Fsp3) is 0.222. The molecule has 3 aromatic carbocycles. The number of halogens is 2. The first-order valence-electron chi connectivity index (χ1n) is 11.7. The Labute approximate surface area is 218 Å². The summed E-state index contributed by atoms with van der Waals surface area (Å²) in [6.07, 6.45) is 2.55. The lowest BCUT2D eigenvalue weighted by molar-refractivity contribution is -0.138. The number of carboxylic acids is 1. The van der Waals surface area contributed by atoms with Gasteiger partial charge < -0.3 is 10.4 Å². The Hall–Kier alpha value is -3.55. The van der Waals surface area contributed by atoms with Gasteiger partial charge in [0.05, 0.1) is 17.3 Å². The number of rotatable bonds is 10. The van der Waals surface area contributed by atoms with Crippen LogP contribution in [0.1, 0.15) is 42.8 Å². The molecule has 0 aliphatic heterocycles. The quantitative estimate of drug-likeness (QED) is 0.266. The second-order valence-corrected chi connectivity index (χ2v) is 9.20. The fourth-order valence-electron chi connectivity index (χ4n) is 3.93. The number of nitrogens with one attached hydrogen (secondary N) is 1. The third-order valence-corrected chi connectivity index (χ3v) is 6.51. The number of aromatic nitrogens is 3. The molecule has 1 unspecified atom stereocenters. The number of carbonyl (C=O) groups is 1. The highest BCUT2D eigenvalue weighted by atomic mass is 35.5. The number of hydrogen-bond donors (Lipinski definition) is 2.